The van der Waals surface area contributed by atoms with Crippen molar-refractivity contribution < 1.29 is 38.3 Å². The van der Waals surface area contributed by atoms with Gasteiger partial charge in [-0.15, -0.1) is 0 Å². The number of carbonyl (C=O) groups excluding carboxylic acids is 1. The first-order valence-electron chi connectivity index (χ1n) is 11.4. The highest BCUT2D eigenvalue weighted by molar-refractivity contribution is 5.86. The predicted octanol–water partition coefficient (Wildman–Crippen LogP) is 2.91. The second-order valence-electron chi connectivity index (χ2n) is 7.44. The highest BCUT2D eigenvalue weighted by Crippen LogP contribution is 2.12. The van der Waals surface area contributed by atoms with Crippen molar-refractivity contribution in [3.05, 3.63) is 12.2 Å². The summed E-state index contributed by atoms with van der Waals surface area (Å²) in [5.41, 5.74) is 0.376. The molecule has 0 aromatic rings. The lowest BCUT2D eigenvalue weighted by molar-refractivity contribution is -0.140. The zero-order valence-electron chi connectivity index (χ0n) is 19.8. The Hall–Kier alpha value is -1.03. The van der Waals surface area contributed by atoms with Crippen LogP contribution in [0.15, 0.2) is 12.2 Å². The fourth-order valence-corrected chi connectivity index (χ4v) is 2.62. The van der Waals surface area contributed by atoms with Gasteiger partial charge in [0, 0.05) is 5.57 Å². The molecule has 31 heavy (non-hydrogen) atoms. The van der Waals surface area contributed by atoms with Gasteiger partial charge >= 0.3 is 5.97 Å². The number of carbonyl (C=O) groups is 1. The number of rotatable bonds is 23. The molecule has 0 aromatic carbocycles. The molecule has 0 bridgehead atoms. The number of ether oxygens (including phenoxy) is 6. The first kappa shape index (κ1) is 30.0. The van der Waals surface area contributed by atoms with Crippen molar-refractivity contribution in [2.75, 3.05) is 66.1 Å². The summed E-state index contributed by atoms with van der Waals surface area (Å²) >= 11 is 0. The van der Waals surface area contributed by atoms with Gasteiger partial charge in [-0.2, -0.15) is 0 Å². The van der Waals surface area contributed by atoms with Crippen molar-refractivity contribution in [1.82, 2.24) is 0 Å². The maximum atomic E-state index is 11.1. The molecule has 1 N–H and O–H groups in total. The van der Waals surface area contributed by atoms with Gasteiger partial charge in [0.05, 0.1) is 71.7 Å². The molecule has 0 aliphatic rings. The van der Waals surface area contributed by atoms with E-state index in [-0.39, 0.29) is 18.8 Å². The first-order valence-corrected chi connectivity index (χ1v) is 11.4. The summed E-state index contributed by atoms with van der Waals surface area (Å²) in [6.07, 6.45) is 4.90. The van der Waals surface area contributed by atoms with Gasteiger partial charge in [0.25, 0.3) is 0 Å². The molecular weight excluding hydrogens is 404 g/mol. The number of unbranched alkanes of at least 4 members (excludes halogenated alkanes) is 2. The Morgan fingerprint density at radius 3 is 1.77 bits per heavy atom. The zero-order valence-corrected chi connectivity index (χ0v) is 19.8. The van der Waals surface area contributed by atoms with E-state index in [0.29, 0.717) is 71.5 Å². The van der Waals surface area contributed by atoms with Crippen molar-refractivity contribution in [2.45, 2.75) is 65.1 Å². The van der Waals surface area contributed by atoms with Gasteiger partial charge in [-0.05, 0) is 26.7 Å². The van der Waals surface area contributed by atoms with Gasteiger partial charge in [-0.1, -0.05) is 32.8 Å². The first-order chi connectivity index (χ1) is 15.0. The van der Waals surface area contributed by atoms with E-state index in [1.54, 1.807) is 13.8 Å². The van der Waals surface area contributed by atoms with Crippen LogP contribution in [0.5, 0.6) is 0 Å². The zero-order chi connectivity index (χ0) is 23.2. The Bertz CT molecular complexity index is 428. The summed E-state index contributed by atoms with van der Waals surface area (Å²) in [6.45, 7) is 13.5. The maximum absolute atomic E-state index is 11.1. The summed E-state index contributed by atoms with van der Waals surface area (Å²) in [4.78, 5) is 11.1. The molecule has 0 rings (SSSR count). The van der Waals surface area contributed by atoms with Crippen molar-refractivity contribution in [2.24, 2.45) is 0 Å². The summed E-state index contributed by atoms with van der Waals surface area (Å²) < 4.78 is 32.4. The minimum Gasteiger partial charge on any atom is -0.460 e. The highest BCUT2D eigenvalue weighted by Gasteiger charge is 2.12. The van der Waals surface area contributed by atoms with Gasteiger partial charge in [0.15, 0.2) is 0 Å². The normalized spacial score (nSPS) is 13.2. The molecular formula is C23H44O8. The van der Waals surface area contributed by atoms with Crippen LogP contribution in [-0.4, -0.2) is 89.4 Å². The average molecular weight is 449 g/mol. The molecule has 0 amide bonds. The molecule has 0 spiro atoms. The van der Waals surface area contributed by atoms with Gasteiger partial charge in [0.2, 0.25) is 0 Å². The topological polar surface area (TPSA) is 92.7 Å². The van der Waals surface area contributed by atoms with E-state index in [2.05, 4.69) is 13.5 Å². The molecule has 0 aliphatic heterocycles. The van der Waals surface area contributed by atoms with Crippen LogP contribution in [-0.2, 0) is 33.2 Å². The molecule has 8 heteroatoms. The number of hydrogen-bond acceptors (Lipinski definition) is 8. The molecule has 2 atom stereocenters. The van der Waals surface area contributed by atoms with E-state index in [1.165, 1.54) is 12.8 Å². The monoisotopic (exact) mass is 448 g/mol. The Labute approximate surface area is 188 Å². The molecule has 0 radical (unpaired) electrons. The van der Waals surface area contributed by atoms with Crippen molar-refractivity contribution in [1.29, 1.82) is 0 Å². The van der Waals surface area contributed by atoms with E-state index >= 15 is 0 Å². The summed E-state index contributed by atoms with van der Waals surface area (Å²) in [7, 11) is 0. The Morgan fingerprint density at radius 1 is 0.839 bits per heavy atom. The second kappa shape index (κ2) is 22.2. The number of aliphatic hydroxyl groups excluding tert-OH is 1. The van der Waals surface area contributed by atoms with Crippen molar-refractivity contribution in [3.8, 4) is 0 Å². The molecule has 0 heterocycles. The largest absolute Gasteiger partial charge is 0.460 e. The third-order valence-corrected chi connectivity index (χ3v) is 4.24. The van der Waals surface area contributed by atoms with E-state index < -0.39 is 5.97 Å². The molecule has 0 aliphatic carbocycles. The Kier molecular flexibility index (Phi) is 21.4. The summed E-state index contributed by atoms with van der Waals surface area (Å²) in [5.74, 6) is -0.406. The van der Waals surface area contributed by atoms with Crippen LogP contribution < -0.4 is 0 Å². The average Bonchev–Trinajstić information content (AvgIpc) is 2.72. The molecule has 0 aromatic heterocycles. The quantitative estimate of drug-likeness (QED) is 0.145. The van der Waals surface area contributed by atoms with Gasteiger partial charge < -0.3 is 33.5 Å². The smallest absolute Gasteiger partial charge is 0.333 e. The SMILES string of the molecule is C=C(C)C(=O)OCCOCCOCCOCCOCCOC(CCCCC)CC(C)O. The minimum absolute atomic E-state index is 0.0962. The van der Waals surface area contributed by atoms with E-state index in [0.717, 1.165) is 12.8 Å². The number of hydrogen-bond donors (Lipinski definition) is 1. The minimum atomic E-state index is -0.406. The van der Waals surface area contributed by atoms with Crippen LogP contribution in [0.4, 0.5) is 0 Å². The van der Waals surface area contributed by atoms with Crippen LogP contribution in [0.1, 0.15) is 52.9 Å². The van der Waals surface area contributed by atoms with E-state index in [9.17, 15) is 9.90 Å². The van der Waals surface area contributed by atoms with Crippen LogP contribution in [0.2, 0.25) is 0 Å². The lowest BCUT2D eigenvalue weighted by Crippen LogP contribution is -2.21. The molecule has 0 saturated heterocycles. The highest BCUT2D eigenvalue weighted by atomic mass is 16.6. The van der Waals surface area contributed by atoms with Gasteiger partial charge in [-0.25, -0.2) is 4.79 Å². The molecule has 2 unspecified atom stereocenters. The van der Waals surface area contributed by atoms with Crippen LogP contribution in [0.3, 0.4) is 0 Å². The molecule has 0 saturated carbocycles. The van der Waals surface area contributed by atoms with E-state index in [4.69, 9.17) is 28.4 Å². The Balaban J connectivity index is 3.36. The van der Waals surface area contributed by atoms with Gasteiger partial charge in [-0.3, -0.25) is 0 Å². The lowest BCUT2D eigenvalue weighted by Gasteiger charge is -2.19. The molecule has 184 valence electrons. The maximum Gasteiger partial charge on any atom is 0.333 e. The lowest BCUT2D eigenvalue weighted by atomic mass is 10.1. The number of aliphatic hydroxyl groups is 1. The third-order valence-electron chi connectivity index (χ3n) is 4.24. The fraction of sp³-hybridized carbons (Fsp3) is 0.870. The third kappa shape index (κ3) is 22.0. The van der Waals surface area contributed by atoms with Gasteiger partial charge in [0.1, 0.15) is 6.61 Å². The summed E-state index contributed by atoms with van der Waals surface area (Å²) in [5, 5.41) is 9.58. The van der Waals surface area contributed by atoms with Crippen molar-refractivity contribution in [3.63, 3.8) is 0 Å². The van der Waals surface area contributed by atoms with Crippen LogP contribution in [0, 0.1) is 0 Å². The fourth-order valence-electron chi connectivity index (χ4n) is 2.62. The molecule has 0 fully saturated rings. The van der Waals surface area contributed by atoms with Crippen LogP contribution in [0.25, 0.3) is 0 Å². The standard InChI is InChI=1S/C23H44O8/c1-5-6-7-8-22(19-21(4)24)30-17-15-28-13-11-26-9-10-27-12-14-29-16-18-31-23(25)20(2)3/h21-22,24H,2,5-19H2,1,3-4H3. The second-order valence-corrected chi connectivity index (χ2v) is 7.44. The summed E-state index contributed by atoms with van der Waals surface area (Å²) in [6, 6.07) is 0. The molecule has 8 nitrogen and oxygen atoms in total. The van der Waals surface area contributed by atoms with Crippen molar-refractivity contribution >= 4 is 5.97 Å². The number of esters is 1. The predicted molar refractivity (Wildman–Crippen MR) is 119 cm³/mol. The van der Waals surface area contributed by atoms with E-state index in [1.807, 2.05) is 0 Å². The Morgan fingerprint density at radius 2 is 1.32 bits per heavy atom. The van der Waals surface area contributed by atoms with Crippen LogP contribution >= 0.6 is 0 Å².